The Balaban J connectivity index is 1.63. The number of aliphatic imine (C=N–C) groups is 1. The Kier molecular flexibility index (Phi) is 4.75. The van der Waals surface area contributed by atoms with Gasteiger partial charge in [-0.25, -0.2) is 8.42 Å². The highest BCUT2D eigenvalue weighted by molar-refractivity contribution is 8.13. The predicted octanol–water partition coefficient (Wildman–Crippen LogP) is 3.92. The number of rotatable bonds is 3. The van der Waals surface area contributed by atoms with E-state index in [1.165, 1.54) is 11.1 Å². The van der Waals surface area contributed by atoms with Gasteiger partial charge in [-0.2, -0.15) is 0 Å². The third kappa shape index (κ3) is 3.63. The fourth-order valence-electron chi connectivity index (χ4n) is 3.51. The van der Waals surface area contributed by atoms with Crippen LogP contribution < -0.4 is 4.90 Å². The van der Waals surface area contributed by atoms with Crippen molar-refractivity contribution in [1.82, 2.24) is 0 Å². The van der Waals surface area contributed by atoms with Crippen LogP contribution in [0.2, 0.25) is 5.02 Å². The minimum absolute atomic E-state index is 0.128. The molecule has 0 amide bonds. The highest BCUT2D eigenvalue weighted by Crippen LogP contribution is 2.36. The Morgan fingerprint density at radius 3 is 2.77 bits per heavy atom. The van der Waals surface area contributed by atoms with Crippen molar-refractivity contribution < 1.29 is 8.42 Å². The van der Waals surface area contributed by atoms with Gasteiger partial charge in [0.1, 0.15) is 0 Å². The summed E-state index contributed by atoms with van der Waals surface area (Å²) >= 11 is 7.82. The van der Waals surface area contributed by atoms with Crippen molar-refractivity contribution in [1.29, 1.82) is 0 Å². The lowest BCUT2D eigenvalue weighted by Gasteiger charge is -2.26. The first-order chi connectivity index (χ1) is 12.4. The number of halogens is 1. The minimum Gasteiger partial charge on any atom is -0.315 e. The molecule has 1 saturated heterocycles. The molecule has 136 valence electrons. The maximum absolute atomic E-state index is 12.1. The molecule has 4 rings (SSSR count). The number of fused-ring (bicyclic) bond motifs is 1. The van der Waals surface area contributed by atoms with Crippen LogP contribution in [0.4, 0.5) is 5.69 Å². The molecule has 2 aromatic carbocycles. The van der Waals surface area contributed by atoms with Crippen molar-refractivity contribution in [2.24, 2.45) is 4.99 Å². The van der Waals surface area contributed by atoms with Crippen LogP contribution in [-0.4, -0.2) is 37.2 Å². The molecule has 0 spiro atoms. The largest absolute Gasteiger partial charge is 0.315 e. The van der Waals surface area contributed by atoms with Gasteiger partial charge in [0.15, 0.2) is 15.0 Å². The van der Waals surface area contributed by atoms with Crippen LogP contribution in [0.3, 0.4) is 0 Å². The summed E-state index contributed by atoms with van der Waals surface area (Å²) < 4.78 is 24.2. The molecule has 1 fully saturated rings. The number of hydrogen-bond acceptors (Lipinski definition) is 5. The molecular formula is C19H19ClN2O2S2. The number of thioether (sulfide) groups is 1. The average molecular weight is 407 g/mol. The maximum Gasteiger partial charge on any atom is 0.164 e. The molecule has 2 atom stereocenters. The number of anilines is 1. The van der Waals surface area contributed by atoms with Gasteiger partial charge in [0, 0.05) is 16.5 Å². The van der Waals surface area contributed by atoms with Crippen LogP contribution in [0.1, 0.15) is 11.1 Å². The minimum atomic E-state index is -3.04. The van der Waals surface area contributed by atoms with Crippen LogP contribution >= 0.6 is 23.4 Å². The lowest BCUT2D eigenvalue weighted by atomic mass is 10.1. The zero-order valence-corrected chi connectivity index (χ0v) is 16.7. The summed E-state index contributed by atoms with van der Waals surface area (Å²) in [4.78, 5) is 6.81. The smallest absolute Gasteiger partial charge is 0.164 e. The van der Waals surface area contributed by atoms with Gasteiger partial charge in [-0.3, -0.25) is 4.99 Å². The number of aryl methyl sites for hydroxylation is 1. The van der Waals surface area contributed by atoms with E-state index in [1.54, 1.807) is 11.8 Å². The molecule has 2 heterocycles. The monoisotopic (exact) mass is 406 g/mol. The summed E-state index contributed by atoms with van der Waals surface area (Å²) in [5.74, 6) is 1.06. The molecule has 4 nitrogen and oxygen atoms in total. The first-order valence-electron chi connectivity index (χ1n) is 8.43. The van der Waals surface area contributed by atoms with Crippen molar-refractivity contribution in [3.63, 3.8) is 0 Å². The van der Waals surface area contributed by atoms with E-state index in [9.17, 15) is 8.42 Å². The summed E-state index contributed by atoms with van der Waals surface area (Å²) in [7, 11) is -3.04. The summed E-state index contributed by atoms with van der Waals surface area (Å²) in [5.41, 5.74) is 3.36. The molecule has 2 aliphatic rings. The van der Waals surface area contributed by atoms with Crippen molar-refractivity contribution >= 4 is 44.1 Å². The molecule has 2 aliphatic heterocycles. The average Bonchev–Trinajstić information content (AvgIpc) is 3.04. The summed E-state index contributed by atoms with van der Waals surface area (Å²) in [6.45, 7) is 2.08. The molecule has 0 radical (unpaired) electrons. The van der Waals surface area contributed by atoms with Crippen molar-refractivity contribution in [2.75, 3.05) is 16.4 Å². The van der Waals surface area contributed by atoms with Gasteiger partial charge in [0.25, 0.3) is 0 Å². The number of benzene rings is 2. The fourth-order valence-corrected chi connectivity index (χ4v) is 6.61. The third-order valence-electron chi connectivity index (χ3n) is 4.64. The highest BCUT2D eigenvalue weighted by atomic mass is 35.5. The number of amidine groups is 1. The summed E-state index contributed by atoms with van der Waals surface area (Å²) in [6.07, 6.45) is 0. The molecule has 0 bridgehead atoms. The molecule has 2 unspecified atom stereocenters. The topological polar surface area (TPSA) is 49.7 Å². The molecule has 0 aliphatic carbocycles. The second-order valence-electron chi connectivity index (χ2n) is 6.75. The van der Waals surface area contributed by atoms with Gasteiger partial charge in [-0.15, -0.1) is 0 Å². The molecular weight excluding hydrogens is 388 g/mol. The summed E-state index contributed by atoms with van der Waals surface area (Å²) in [5, 5.41) is 1.51. The highest BCUT2D eigenvalue weighted by Gasteiger charge is 2.47. The first-order valence-corrected chi connectivity index (χ1v) is 11.6. The molecule has 0 saturated carbocycles. The van der Waals surface area contributed by atoms with Gasteiger partial charge in [-0.05, 0) is 30.7 Å². The number of sulfone groups is 1. The molecule has 26 heavy (non-hydrogen) atoms. The van der Waals surface area contributed by atoms with E-state index in [0.29, 0.717) is 5.02 Å². The second-order valence-corrected chi connectivity index (χ2v) is 10.3. The predicted molar refractivity (Wildman–Crippen MR) is 110 cm³/mol. The molecule has 0 aromatic heterocycles. The van der Waals surface area contributed by atoms with E-state index in [2.05, 4.69) is 36.1 Å². The van der Waals surface area contributed by atoms with E-state index < -0.39 is 9.84 Å². The van der Waals surface area contributed by atoms with E-state index in [4.69, 9.17) is 16.6 Å². The molecule has 0 N–H and O–H groups in total. The Hall–Kier alpha value is -1.50. The van der Waals surface area contributed by atoms with Gasteiger partial charge in [0.05, 0.1) is 23.6 Å². The van der Waals surface area contributed by atoms with Gasteiger partial charge >= 0.3 is 0 Å². The zero-order chi connectivity index (χ0) is 18.3. The van der Waals surface area contributed by atoms with E-state index >= 15 is 0 Å². The van der Waals surface area contributed by atoms with Crippen LogP contribution in [0.25, 0.3) is 0 Å². The van der Waals surface area contributed by atoms with Crippen molar-refractivity contribution in [2.45, 2.75) is 24.8 Å². The number of nitrogens with zero attached hydrogens (tertiary/aromatic N) is 2. The lowest BCUT2D eigenvalue weighted by molar-refractivity contribution is 0.601. The third-order valence-corrected chi connectivity index (χ3v) is 7.62. The first kappa shape index (κ1) is 17.9. The normalized spacial score (nSPS) is 23.8. The van der Waals surface area contributed by atoms with Gasteiger partial charge in [0.2, 0.25) is 0 Å². The van der Waals surface area contributed by atoms with Crippen LogP contribution in [0.15, 0.2) is 53.5 Å². The zero-order valence-electron chi connectivity index (χ0n) is 14.3. The second kappa shape index (κ2) is 6.91. The van der Waals surface area contributed by atoms with Crippen LogP contribution in [0, 0.1) is 6.92 Å². The van der Waals surface area contributed by atoms with Crippen LogP contribution in [0.5, 0.6) is 0 Å². The molecule has 2 aromatic rings. The van der Waals surface area contributed by atoms with E-state index in [0.717, 1.165) is 16.6 Å². The maximum atomic E-state index is 12.1. The Morgan fingerprint density at radius 2 is 2.00 bits per heavy atom. The van der Waals surface area contributed by atoms with Gasteiger partial charge < -0.3 is 4.90 Å². The van der Waals surface area contributed by atoms with Crippen LogP contribution in [-0.2, 0) is 15.6 Å². The van der Waals surface area contributed by atoms with Crippen molar-refractivity contribution in [3.05, 3.63) is 64.7 Å². The number of hydrogen-bond donors (Lipinski definition) is 0. The Morgan fingerprint density at radius 1 is 1.19 bits per heavy atom. The van der Waals surface area contributed by atoms with E-state index in [1.807, 2.05) is 24.3 Å². The Bertz CT molecular complexity index is 975. The molecule has 7 heteroatoms. The summed E-state index contributed by atoms with van der Waals surface area (Å²) in [6, 6.07) is 15.6. The van der Waals surface area contributed by atoms with Gasteiger partial charge in [-0.1, -0.05) is 59.3 Å². The Labute approximate surface area is 163 Å². The SMILES string of the molecule is Cc1cccc(CSC2=NC3CS(=O)(=O)CC3N2c2cccc(Cl)c2)c1. The lowest BCUT2D eigenvalue weighted by Crippen LogP contribution is -2.39. The quantitative estimate of drug-likeness (QED) is 0.775. The van der Waals surface area contributed by atoms with E-state index in [-0.39, 0.29) is 23.6 Å². The standard InChI is InChI=1S/C19H19ClN2O2S2/c1-13-4-2-5-14(8-13)10-25-19-21-17-11-26(23,24)12-18(17)22(19)16-7-3-6-15(20)9-16/h2-9,17-18H,10-12H2,1H3. The fraction of sp³-hybridized carbons (Fsp3) is 0.316. The van der Waals surface area contributed by atoms with Crippen molar-refractivity contribution in [3.8, 4) is 0 Å².